The van der Waals surface area contributed by atoms with E-state index in [9.17, 15) is 44.7 Å². The molecule has 14 heteroatoms. The van der Waals surface area contributed by atoms with Crippen molar-refractivity contribution in [2.45, 2.75) is 23.7 Å². The van der Waals surface area contributed by atoms with Crippen molar-refractivity contribution < 1.29 is 49.8 Å². The van der Waals surface area contributed by atoms with Gasteiger partial charge in [-0.05, 0) is 24.3 Å². The fraction of sp³-hybridized carbons (Fsp3) is 0.250. The highest BCUT2D eigenvalue weighted by molar-refractivity contribution is 6.03. The van der Waals surface area contributed by atoms with Gasteiger partial charge in [0.05, 0.1) is 0 Å². The van der Waals surface area contributed by atoms with Crippen LogP contribution in [0.4, 0.5) is 46.8 Å². The van der Waals surface area contributed by atoms with Crippen LogP contribution in [0.15, 0.2) is 48.8 Å². The number of rotatable bonds is 7. The molecule has 0 spiro atoms. The van der Waals surface area contributed by atoms with Crippen molar-refractivity contribution in [2.24, 2.45) is 0 Å². The molecule has 2 rings (SSSR count). The molecule has 162 valence electrons. The Morgan fingerprint density at radius 3 is 1.47 bits per heavy atom. The molecule has 6 nitrogen and oxygen atoms in total. The molecule has 0 saturated heterocycles. The molecule has 0 aliphatic carbocycles. The third-order valence-electron chi connectivity index (χ3n) is 3.68. The Morgan fingerprint density at radius 2 is 1.13 bits per heavy atom. The second-order valence-electron chi connectivity index (χ2n) is 5.62. The van der Waals surface area contributed by atoms with E-state index in [0.29, 0.717) is 0 Å². The Morgan fingerprint density at radius 1 is 0.733 bits per heavy atom. The van der Waals surface area contributed by atoms with Crippen LogP contribution in [0.5, 0.6) is 0 Å². The molecular weight excluding hydrogens is 434 g/mol. The molecule has 0 aromatic carbocycles. The van der Waals surface area contributed by atoms with Crippen molar-refractivity contribution in [2.75, 3.05) is 4.90 Å². The number of carbonyl (C=O) groups excluding carboxylic acids is 1. The van der Waals surface area contributed by atoms with Crippen LogP contribution in [0.25, 0.3) is 0 Å². The molecule has 0 fully saturated rings. The van der Waals surface area contributed by atoms with Crippen molar-refractivity contribution in [1.82, 2.24) is 9.97 Å². The number of pyridine rings is 2. The average Bonchev–Trinajstić information content (AvgIpc) is 2.69. The Bertz CT molecular complexity index is 886. The van der Waals surface area contributed by atoms with Crippen LogP contribution >= 0.6 is 0 Å². The van der Waals surface area contributed by atoms with E-state index in [2.05, 4.69) is 9.97 Å². The monoisotopic (exact) mass is 443 g/mol. The molecule has 0 unspecified atom stereocenters. The first-order valence-corrected chi connectivity index (χ1v) is 7.61. The summed E-state index contributed by atoms with van der Waals surface area (Å²) in [5.41, 5.74) is 0. The summed E-state index contributed by atoms with van der Waals surface area (Å²) in [7, 11) is 0. The lowest BCUT2D eigenvalue weighted by atomic mass is 9.97. The number of anilines is 2. The number of halogens is 8. The van der Waals surface area contributed by atoms with Gasteiger partial charge in [0.15, 0.2) is 0 Å². The average molecular weight is 443 g/mol. The lowest BCUT2D eigenvalue weighted by Gasteiger charge is -2.36. The first-order chi connectivity index (χ1) is 13.7. The van der Waals surface area contributed by atoms with Gasteiger partial charge in [-0.15, -0.1) is 0 Å². The fourth-order valence-electron chi connectivity index (χ4n) is 2.10. The Kier molecular flexibility index (Phi) is 5.74. The van der Waals surface area contributed by atoms with Crippen molar-refractivity contribution in [1.29, 1.82) is 0 Å². The van der Waals surface area contributed by atoms with Gasteiger partial charge in [0.25, 0.3) is 0 Å². The van der Waals surface area contributed by atoms with Gasteiger partial charge >= 0.3 is 35.6 Å². The lowest BCUT2D eigenvalue weighted by molar-refractivity contribution is -0.349. The van der Waals surface area contributed by atoms with Gasteiger partial charge in [0.2, 0.25) is 0 Å². The zero-order valence-corrected chi connectivity index (χ0v) is 14.2. The SMILES string of the molecule is O=C(O)C(F)(F)C(F)(F)C(F)(F)C(F)(F)C(=O)N(c1ccccn1)c1ccccn1. The van der Waals surface area contributed by atoms with E-state index in [0.717, 1.165) is 36.7 Å². The Balaban J connectivity index is 2.63. The van der Waals surface area contributed by atoms with Gasteiger partial charge < -0.3 is 5.11 Å². The van der Waals surface area contributed by atoms with Crippen molar-refractivity contribution >= 4 is 23.5 Å². The maximum Gasteiger partial charge on any atom is 0.410 e. The minimum absolute atomic E-state index is 0.289. The normalized spacial score (nSPS) is 13.1. The quantitative estimate of drug-likeness (QED) is 0.659. The minimum Gasteiger partial charge on any atom is -0.477 e. The molecule has 0 saturated carbocycles. The molecule has 2 aromatic rings. The minimum atomic E-state index is -7.15. The van der Waals surface area contributed by atoms with Crippen LogP contribution in [0.1, 0.15) is 0 Å². The molecule has 2 heterocycles. The van der Waals surface area contributed by atoms with E-state index in [1.807, 2.05) is 0 Å². The number of alkyl halides is 8. The zero-order chi connectivity index (χ0) is 23.0. The Labute approximate surface area is 161 Å². The van der Waals surface area contributed by atoms with E-state index in [-0.39, 0.29) is 4.90 Å². The highest BCUT2D eigenvalue weighted by Crippen LogP contribution is 2.53. The largest absolute Gasteiger partial charge is 0.477 e. The maximum absolute atomic E-state index is 14.3. The first kappa shape index (κ1) is 23.0. The van der Waals surface area contributed by atoms with Crippen LogP contribution in [0.2, 0.25) is 0 Å². The standard InChI is InChI=1S/C16H9F8N3O3/c17-13(18,15(21,22)16(23,24)14(19,20)12(29)30)11(28)27(9-5-1-3-7-25-9)10-6-2-4-8-26-10/h1-8H,(H,29,30). The zero-order valence-electron chi connectivity index (χ0n) is 14.2. The van der Waals surface area contributed by atoms with Gasteiger partial charge in [0, 0.05) is 12.4 Å². The number of carbonyl (C=O) groups is 2. The van der Waals surface area contributed by atoms with Gasteiger partial charge in [0.1, 0.15) is 11.6 Å². The summed E-state index contributed by atoms with van der Waals surface area (Å²) in [6.07, 6.45) is 1.87. The molecule has 0 aliphatic heterocycles. The number of nitrogens with zero attached hydrogens (tertiary/aromatic N) is 3. The molecule has 0 aliphatic rings. The van der Waals surface area contributed by atoms with Crippen LogP contribution in [0.3, 0.4) is 0 Å². The topological polar surface area (TPSA) is 83.4 Å². The predicted molar refractivity (Wildman–Crippen MR) is 83.0 cm³/mol. The molecule has 1 amide bonds. The highest BCUT2D eigenvalue weighted by atomic mass is 19.4. The lowest BCUT2D eigenvalue weighted by Crippen LogP contribution is -2.68. The van der Waals surface area contributed by atoms with Crippen LogP contribution in [-0.2, 0) is 9.59 Å². The number of hydrogen-bond acceptors (Lipinski definition) is 4. The van der Waals surface area contributed by atoms with Crippen molar-refractivity contribution in [3.8, 4) is 0 Å². The molecule has 0 radical (unpaired) electrons. The van der Waals surface area contributed by atoms with Crippen LogP contribution in [-0.4, -0.2) is 50.6 Å². The van der Waals surface area contributed by atoms with Gasteiger partial charge in [-0.1, -0.05) is 12.1 Å². The molecular formula is C16H9F8N3O3. The highest BCUT2D eigenvalue weighted by Gasteiger charge is 2.85. The smallest absolute Gasteiger partial charge is 0.410 e. The van der Waals surface area contributed by atoms with E-state index in [1.165, 1.54) is 12.1 Å². The van der Waals surface area contributed by atoms with Crippen molar-refractivity contribution in [3.05, 3.63) is 48.8 Å². The number of hydrogen-bond donors (Lipinski definition) is 1. The van der Waals surface area contributed by atoms with Gasteiger partial charge in [-0.3, -0.25) is 4.79 Å². The number of aliphatic carboxylic acids is 1. The van der Waals surface area contributed by atoms with Crippen molar-refractivity contribution in [3.63, 3.8) is 0 Å². The number of aromatic nitrogens is 2. The summed E-state index contributed by atoms with van der Waals surface area (Å²) < 4.78 is 110. The van der Waals surface area contributed by atoms with E-state index >= 15 is 0 Å². The second kappa shape index (κ2) is 7.50. The maximum atomic E-state index is 14.3. The summed E-state index contributed by atoms with van der Waals surface area (Å²) in [5, 5.41) is 8.09. The van der Waals surface area contributed by atoms with E-state index < -0.39 is 47.2 Å². The van der Waals surface area contributed by atoms with Crippen LogP contribution in [0, 0.1) is 0 Å². The molecule has 30 heavy (non-hydrogen) atoms. The molecule has 1 N–H and O–H groups in total. The number of carboxylic acids is 1. The van der Waals surface area contributed by atoms with Gasteiger partial charge in [-0.25, -0.2) is 19.7 Å². The summed E-state index contributed by atoms with van der Waals surface area (Å²) in [6, 6.07) is 6.41. The van der Waals surface area contributed by atoms with Gasteiger partial charge in [-0.2, -0.15) is 35.1 Å². The third kappa shape index (κ3) is 3.41. The fourth-order valence-corrected chi connectivity index (χ4v) is 2.10. The Hall–Kier alpha value is -3.32. The summed E-state index contributed by atoms with van der Waals surface area (Å²) >= 11 is 0. The summed E-state index contributed by atoms with van der Waals surface area (Å²) in [4.78, 5) is 29.2. The third-order valence-corrected chi connectivity index (χ3v) is 3.68. The molecule has 2 aromatic heterocycles. The molecule has 0 atom stereocenters. The second-order valence-corrected chi connectivity index (χ2v) is 5.62. The summed E-state index contributed by atoms with van der Waals surface area (Å²) in [5.74, 6) is -35.8. The molecule has 0 bridgehead atoms. The first-order valence-electron chi connectivity index (χ1n) is 7.61. The number of amides is 1. The predicted octanol–water partition coefficient (Wildman–Crippen LogP) is 3.77. The van der Waals surface area contributed by atoms with E-state index in [1.54, 1.807) is 0 Å². The number of carboxylic acid groups (broad SMARTS) is 1. The van der Waals surface area contributed by atoms with E-state index in [4.69, 9.17) is 5.11 Å². The van der Waals surface area contributed by atoms with Crippen LogP contribution < -0.4 is 4.90 Å². The summed E-state index contributed by atoms with van der Waals surface area (Å²) in [6.45, 7) is 0.